The number of carbonyl (C=O) groups excluding carboxylic acids is 2. The van der Waals surface area contributed by atoms with Crippen molar-refractivity contribution in [1.82, 2.24) is 15.2 Å². The van der Waals surface area contributed by atoms with Crippen molar-refractivity contribution in [3.05, 3.63) is 58.5 Å². The molecule has 0 aliphatic carbocycles. The molecule has 1 aliphatic heterocycles. The summed E-state index contributed by atoms with van der Waals surface area (Å²) < 4.78 is 40.8. The molecule has 1 fully saturated rings. The number of anilines is 1. The Bertz CT molecular complexity index is 974. The number of nitrogens with one attached hydrogen (secondary N) is 1. The Morgan fingerprint density at radius 3 is 2.41 bits per heavy atom. The fraction of sp³-hybridized carbons (Fsp3) is 0.435. The summed E-state index contributed by atoms with van der Waals surface area (Å²) in [5.41, 5.74) is 0.0960. The lowest BCUT2D eigenvalue weighted by molar-refractivity contribution is 0.0744. The van der Waals surface area contributed by atoms with Crippen LogP contribution in [0.5, 0.6) is 0 Å². The quantitative estimate of drug-likeness (QED) is 0.518. The molecule has 1 aromatic carbocycles. The van der Waals surface area contributed by atoms with Gasteiger partial charge in [-0.1, -0.05) is 19.8 Å². The largest absolute Gasteiger partial charge is 0.353 e. The number of hydrogen-bond donors (Lipinski definition) is 1. The molecule has 0 radical (unpaired) electrons. The molecule has 3 rings (SSSR count). The highest BCUT2D eigenvalue weighted by atomic mass is 19.2. The Labute approximate surface area is 185 Å². The molecule has 0 spiro atoms. The van der Waals surface area contributed by atoms with Crippen LogP contribution in [0.15, 0.2) is 24.4 Å². The highest BCUT2D eigenvalue weighted by molar-refractivity contribution is 5.96. The van der Waals surface area contributed by atoms with Crippen LogP contribution in [0.25, 0.3) is 0 Å². The molecule has 32 heavy (non-hydrogen) atoms. The van der Waals surface area contributed by atoms with Gasteiger partial charge in [-0.3, -0.25) is 9.59 Å². The highest BCUT2D eigenvalue weighted by Crippen LogP contribution is 2.22. The maximum Gasteiger partial charge on any atom is 0.254 e. The van der Waals surface area contributed by atoms with E-state index in [1.54, 1.807) is 12.1 Å². The second kappa shape index (κ2) is 10.5. The van der Waals surface area contributed by atoms with Gasteiger partial charge in [-0.2, -0.15) is 0 Å². The van der Waals surface area contributed by atoms with Crippen LogP contribution in [-0.4, -0.2) is 54.4 Å². The number of rotatable bonds is 7. The normalized spacial score (nSPS) is 13.9. The average Bonchev–Trinajstić information content (AvgIpc) is 2.82. The van der Waals surface area contributed by atoms with Gasteiger partial charge < -0.3 is 15.1 Å². The zero-order chi connectivity index (χ0) is 23.3. The number of halogens is 3. The zero-order valence-electron chi connectivity index (χ0n) is 18.3. The van der Waals surface area contributed by atoms with E-state index in [2.05, 4.69) is 17.2 Å². The number of hydrogen-bond acceptors (Lipinski definition) is 4. The summed E-state index contributed by atoms with van der Waals surface area (Å²) in [7, 11) is 0. The summed E-state index contributed by atoms with van der Waals surface area (Å²) in [4.78, 5) is 32.7. The predicted molar refractivity (Wildman–Crippen MR) is 115 cm³/mol. The molecule has 1 saturated heterocycles. The van der Waals surface area contributed by atoms with Gasteiger partial charge in [0.25, 0.3) is 11.8 Å². The third kappa shape index (κ3) is 5.20. The van der Waals surface area contributed by atoms with Crippen LogP contribution >= 0.6 is 0 Å². The van der Waals surface area contributed by atoms with Gasteiger partial charge in [-0.25, -0.2) is 18.2 Å². The number of pyridine rings is 1. The molecular formula is C23H27F3N4O2. The Hall–Kier alpha value is -3.10. The van der Waals surface area contributed by atoms with E-state index in [1.807, 2.05) is 4.90 Å². The first-order valence-electron chi connectivity index (χ1n) is 10.8. The summed E-state index contributed by atoms with van der Waals surface area (Å²) in [5.74, 6) is -4.32. The Morgan fingerprint density at radius 2 is 1.78 bits per heavy atom. The van der Waals surface area contributed by atoms with Crippen molar-refractivity contribution in [2.24, 2.45) is 0 Å². The predicted octanol–water partition coefficient (Wildman–Crippen LogP) is 3.69. The number of amides is 2. The van der Waals surface area contributed by atoms with Crippen molar-refractivity contribution < 1.29 is 22.8 Å². The van der Waals surface area contributed by atoms with Crippen molar-refractivity contribution in [2.45, 2.75) is 33.1 Å². The minimum Gasteiger partial charge on any atom is -0.353 e. The van der Waals surface area contributed by atoms with Crippen LogP contribution < -0.4 is 10.2 Å². The maximum absolute atomic E-state index is 13.8. The van der Waals surface area contributed by atoms with Crippen molar-refractivity contribution in [2.75, 3.05) is 37.6 Å². The summed E-state index contributed by atoms with van der Waals surface area (Å²) in [6, 6.07) is 4.21. The van der Waals surface area contributed by atoms with E-state index in [0.717, 1.165) is 25.3 Å². The lowest BCUT2D eigenvalue weighted by Gasteiger charge is -2.35. The Morgan fingerprint density at radius 1 is 1.06 bits per heavy atom. The van der Waals surface area contributed by atoms with Crippen LogP contribution in [0.4, 0.5) is 19.0 Å². The molecule has 2 heterocycles. The summed E-state index contributed by atoms with van der Waals surface area (Å²) in [6.45, 7) is 5.56. The van der Waals surface area contributed by atoms with E-state index in [0.29, 0.717) is 44.1 Å². The lowest BCUT2D eigenvalue weighted by atomic mass is 10.1. The van der Waals surface area contributed by atoms with Gasteiger partial charge in [0.1, 0.15) is 5.82 Å². The topological polar surface area (TPSA) is 65.5 Å². The maximum atomic E-state index is 13.8. The van der Waals surface area contributed by atoms with E-state index in [9.17, 15) is 22.8 Å². The van der Waals surface area contributed by atoms with Gasteiger partial charge in [-0.05, 0) is 31.5 Å². The van der Waals surface area contributed by atoms with E-state index >= 15 is 0 Å². The van der Waals surface area contributed by atoms with Gasteiger partial charge in [0.15, 0.2) is 17.5 Å². The first-order chi connectivity index (χ1) is 15.3. The molecule has 1 N–H and O–H groups in total. The number of aromatic nitrogens is 1. The lowest BCUT2D eigenvalue weighted by Crippen LogP contribution is -2.49. The van der Waals surface area contributed by atoms with Crippen molar-refractivity contribution in [1.29, 1.82) is 0 Å². The van der Waals surface area contributed by atoms with Crippen LogP contribution in [0.3, 0.4) is 0 Å². The third-order valence-electron chi connectivity index (χ3n) is 5.60. The third-order valence-corrected chi connectivity index (χ3v) is 5.60. The van der Waals surface area contributed by atoms with Gasteiger partial charge in [0, 0.05) is 50.0 Å². The number of piperazine rings is 1. The molecular weight excluding hydrogens is 421 g/mol. The van der Waals surface area contributed by atoms with Gasteiger partial charge in [0.05, 0.1) is 5.56 Å². The summed E-state index contributed by atoms with van der Waals surface area (Å²) >= 11 is 0. The minimum atomic E-state index is -1.58. The molecule has 0 atom stereocenters. The Kier molecular flexibility index (Phi) is 7.71. The first-order valence-corrected chi connectivity index (χ1v) is 10.8. The summed E-state index contributed by atoms with van der Waals surface area (Å²) in [6.07, 6.45) is 4.61. The van der Waals surface area contributed by atoms with Crippen LogP contribution in [0.2, 0.25) is 0 Å². The van der Waals surface area contributed by atoms with Crippen LogP contribution in [0.1, 0.15) is 52.5 Å². The van der Waals surface area contributed by atoms with Gasteiger partial charge in [-0.15, -0.1) is 0 Å². The first kappa shape index (κ1) is 23.6. The van der Waals surface area contributed by atoms with Crippen molar-refractivity contribution in [3.8, 4) is 0 Å². The molecule has 1 aromatic heterocycles. The average molecular weight is 448 g/mol. The smallest absolute Gasteiger partial charge is 0.254 e. The number of nitrogens with zero attached hydrogens (tertiary/aromatic N) is 3. The molecule has 6 nitrogen and oxygen atoms in total. The molecule has 9 heteroatoms. The van der Waals surface area contributed by atoms with Gasteiger partial charge in [0.2, 0.25) is 0 Å². The SMILES string of the molecule is CCCCCNC(=O)c1ccc(N2CCN(C(=O)c3cc(F)c(F)c(F)c3C)CC2)nc1. The van der Waals surface area contributed by atoms with Crippen molar-refractivity contribution >= 4 is 17.6 Å². The number of unbranched alkanes of at least 4 members (excludes halogenated alkanes) is 2. The number of benzene rings is 1. The molecule has 1 aliphatic rings. The van der Waals surface area contributed by atoms with Crippen molar-refractivity contribution in [3.63, 3.8) is 0 Å². The molecule has 2 aromatic rings. The van der Waals surface area contributed by atoms with Crippen LogP contribution in [-0.2, 0) is 0 Å². The fourth-order valence-corrected chi connectivity index (χ4v) is 3.60. The second-order valence-electron chi connectivity index (χ2n) is 7.81. The number of carbonyl (C=O) groups is 2. The molecule has 0 saturated carbocycles. The second-order valence-corrected chi connectivity index (χ2v) is 7.81. The fourth-order valence-electron chi connectivity index (χ4n) is 3.60. The minimum absolute atomic E-state index is 0.162. The standard InChI is InChI=1S/C23H27F3N4O2/c1-3-4-5-8-27-22(31)16-6-7-19(28-14-16)29-9-11-30(12-10-29)23(32)17-13-18(24)21(26)20(25)15(17)2/h6-7,13-14H,3-5,8-12H2,1-2H3,(H,27,31). The Balaban J connectivity index is 1.58. The van der Waals surface area contributed by atoms with Gasteiger partial charge >= 0.3 is 0 Å². The molecule has 2 amide bonds. The van der Waals surface area contributed by atoms with E-state index in [1.165, 1.54) is 18.0 Å². The van der Waals surface area contributed by atoms with E-state index in [4.69, 9.17) is 0 Å². The molecule has 0 unspecified atom stereocenters. The van der Waals surface area contributed by atoms with E-state index in [-0.39, 0.29) is 17.0 Å². The zero-order valence-corrected chi connectivity index (χ0v) is 18.3. The van der Waals surface area contributed by atoms with Crippen LogP contribution in [0, 0.1) is 24.4 Å². The summed E-state index contributed by atoms with van der Waals surface area (Å²) in [5, 5.41) is 2.87. The molecule has 0 bridgehead atoms. The monoisotopic (exact) mass is 448 g/mol. The van der Waals surface area contributed by atoms with E-state index < -0.39 is 23.4 Å². The highest BCUT2D eigenvalue weighted by Gasteiger charge is 2.27. The molecule has 172 valence electrons.